The number of nitrogens with zero attached hydrogens (tertiary/aromatic N) is 1. The van der Waals surface area contributed by atoms with E-state index in [1.165, 1.54) is 0 Å². The normalized spacial score (nSPS) is 10.3. The molecule has 0 bridgehead atoms. The maximum Gasteiger partial charge on any atom is 0.211 e. The van der Waals surface area contributed by atoms with E-state index in [9.17, 15) is 9.90 Å². The number of carbonyl (C=O) groups excluding carboxylic acids is 1. The molecule has 3 aromatic rings. The second-order valence-electron chi connectivity index (χ2n) is 7.03. The molecule has 1 amide bonds. The number of rotatable bonds is 7. The van der Waals surface area contributed by atoms with Crippen molar-refractivity contribution in [1.29, 1.82) is 0 Å². The van der Waals surface area contributed by atoms with Crippen LogP contribution in [-0.2, 0) is 11.2 Å². The van der Waals surface area contributed by atoms with Gasteiger partial charge in [-0.2, -0.15) is 0 Å². The van der Waals surface area contributed by atoms with Crippen LogP contribution in [0.5, 0.6) is 11.5 Å². The van der Waals surface area contributed by atoms with Gasteiger partial charge in [-0.05, 0) is 59.9 Å². The van der Waals surface area contributed by atoms with Crippen LogP contribution < -0.4 is 10.1 Å². The lowest BCUT2D eigenvalue weighted by Gasteiger charge is -2.13. The number of aromatic nitrogens is 1. The van der Waals surface area contributed by atoms with Crippen LogP contribution >= 0.6 is 23.2 Å². The van der Waals surface area contributed by atoms with Crippen LogP contribution in [-0.4, -0.2) is 23.1 Å². The lowest BCUT2D eigenvalue weighted by molar-refractivity contribution is -0.105. The van der Waals surface area contributed by atoms with Gasteiger partial charge in [-0.1, -0.05) is 49.2 Å². The number of amides is 1. The van der Waals surface area contributed by atoms with Gasteiger partial charge < -0.3 is 15.2 Å². The zero-order valence-corrected chi connectivity index (χ0v) is 19.2. The van der Waals surface area contributed by atoms with Gasteiger partial charge in [0.05, 0.1) is 18.5 Å². The van der Waals surface area contributed by atoms with Gasteiger partial charge in [-0.3, -0.25) is 9.78 Å². The second-order valence-corrected chi connectivity index (χ2v) is 7.84. The highest BCUT2D eigenvalue weighted by molar-refractivity contribution is 6.36. The zero-order valence-electron chi connectivity index (χ0n) is 17.7. The molecule has 1 aromatic heterocycles. The van der Waals surface area contributed by atoms with E-state index in [-0.39, 0.29) is 5.92 Å². The van der Waals surface area contributed by atoms with E-state index in [2.05, 4.69) is 24.1 Å². The van der Waals surface area contributed by atoms with Gasteiger partial charge in [0.15, 0.2) is 0 Å². The first-order chi connectivity index (χ1) is 14.8. The number of nitrogens with one attached hydrogen (secondary N) is 1. The summed E-state index contributed by atoms with van der Waals surface area (Å²) < 4.78 is 5.44. The average molecular weight is 461 g/mol. The number of halogens is 2. The quantitative estimate of drug-likeness (QED) is 0.396. The topological polar surface area (TPSA) is 71.5 Å². The molecule has 3 rings (SSSR count). The Morgan fingerprint density at radius 3 is 2.42 bits per heavy atom. The van der Waals surface area contributed by atoms with Crippen molar-refractivity contribution in [2.24, 2.45) is 0 Å². The van der Waals surface area contributed by atoms with Crippen LogP contribution in [0, 0.1) is 0 Å². The largest absolute Gasteiger partial charge is 0.508 e. The third kappa shape index (κ3) is 7.46. The van der Waals surface area contributed by atoms with Gasteiger partial charge >= 0.3 is 0 Å². The predicted octanol–water partition coefficient (Wildman–Crippen LogP) is 6.46. The highest BCUT2D eigenvalue weighted by Crippen LogP contribution is 2.33. The van der Waals surface area contributed by atoms with Crippen molar-refractivity contribution in [1.82, 2.24) is 4.98 Å². The molecular weight excluding hydrogens is 435 g/mol. The second kappa shape index (κ2) is 12.2. The van der Waals surface area contributed by atoms with Gasteiger partial charge in [-0.15, -0.1) is 0 Å². The minimum atomic E-state index is 0.256. The minimum Gasteiger partial charge on any atom is -0.508 e. The highest BCUT2D eigenvalue weighted by Gasteiger charge is 2.12. The fourth-order valence-corrected chi connectivity index (χ4v) is 3.50. The van der Waals surface area contributed by atoms with Crippen molar-refractivity contribution in [2.45, 2.75) is 33.1 Å². The molecule has 31 heavy (non-hydrogen) atoms. The minimum absolute atomic E-state index is 0.256. The maximum atomic E-state index is 9.91. The SMILES string of the molecule is CCOc1cc(Cl)c(Cc2ccc(O)c(C(C)C)c2)c(Cl)c1.O=CNc1cccnc1. The first-order valence-electron chi connectivity index (χ1n) is 9.88. The molecule has 2 N–H and O–H groups in total. The fourth-order valence-electron chi connectivity index (χ4n) is 2.90. The molecule has 5 nitrogen and oxygen atoms in total. The van der Waals surface area contributed by atoms with Crippen molar-refractivity contribution >= 4 is 35.3 Å². The Kier molecular flexibility index (Phi) is 9.63. The van der Waals surface area contributed by atoms with Crippen LogP contribution in [0.15, 0.2) is 54.9 Å². The summed E-state index contributed by atoms with van der Waals surface area (Å²) in [6, 6.07) is 12.7. The number of ether oxygens (including phenoxy) is 1. The predicted molar refractivity (Wildman–Crippen MR) is 127 cm³/mol. The molecular formula is C24H26Cl2N2O3. The molecule has 0 saturated heterocycles. The molecule has 1 heterocycles. The Bertz CT molecular complexity index is 972. The molecule has 0 aliphatic heterocycles. The molecule has 0 aliphatic carbocycles. The van der Waals surface area contributed by atoms with Crippen molar-refractivity contribution in [2.75, 3.05) is 11.9 Å². The van der Waals surface area contributed by atoms with E-state index in [0.29, 0.717) is 46.7 Å². The summed E-state index contributed by atoms with van der Waals surface area (Å²) in [6.07, 6.45) is 4.46. The molecule has 0 aliphatic rings. The number of benzene rings is 2. The van der Waals surface area contributed by atoms with E-state index < -0.39 is 0 Å². The average Bonchev–Trinajstić information content (AvgIpc) is 2.73. The molecule has 0 unspecified atom stereocenters. The number of pyridine rings is 1. The van der Waals surface area contributed by atoms with Crippen LogP contribution in [0.25, 0.3) is 0 Å². The lowest BCUT2D eigenvalue weighted by Crippen LogP contribution is -1.97. The number of phenols is 1. The van der Waals surface area contributed by atoms with Gasteiger partial charge in [0.25, 0.3) is 0 Å². The Hall–Kier alpha value is -2.76. The van der Waals surface area contributed by atoms with Crippen molar-refractivity contribution < 1.29 is 14.6 Å². The summed E-state index contributed by atoms with van der Waals surface area (Å²) >= 11 is 12.7. The maximum absolute atomic E-state index is 9.91. The van der Waals surface area contributed by atoms with Crippen molar-refractivity contribution in [3.05, 3.63) is 81.6 Å². The Balaban J connectivity index is 0.000000316. The first-order valence-corrected chi connectivity index (χ1v) is 10.6. The summed E-state index contributed by atoms with van der Waals surface area (Å²) in [6.45, 7) is 6.59. The zero-order chi connectivity index (χ0) is 22.8. The monoisotopic (exact) mass is 460 g/mol. The molecule has 0 atom stereocenters. The molecule has 0 fully saturated rings. The third-order valence-electron chi connectivity index (χ3n) is 4.41. The standard InChI is InChI=1S/C18H20Cl2O2.C6H6N2O/c1-4-22-13-9-16(19)15(17(20)10-13)8-12-5-6-18(21)14(7-12)11(2)3;9-5-8-6-2-1-3-7-4-6/h5-7,9-11,21H,4,8H2,1-3H3;1-5H,(H,8,9). The first kappa shape index (κ1) is 24.5. The van der Waals surface area contributed by atoms with E-state index >= 15 is 0 Å². The fraction of sp³-hybridized carbons (Fsp3) is 0.250. The van der Waals surface area contributed by atoms with Gasteiger partial charge in [0, 0.05) is 22.7 Å². The van der Waals surface area contributed by atoms with Gasteiger partial charge in [0.2, 0.25) is 6.41 Å². The number of hydrogen-bond acceptors (Lipinski definition) is 4. The van der Waals surface area contributed by atoms with E-state index in [1.807, 2.05) is 19.1 Å². The molecule has 0 spiro atoms. The van der Waals surface area contributed by atoms with Crippen molar-refractivity contribution in [3.8, 4) is 11.5 Å². The Morgan fingerprint density at radius 1 is 1.16 bits per heavy atom. The van der Waals surface area contributed by atoms with Gasteiger partial charge in [-0.25, -0.2) is 0 Å². The van der Waals surface area contributed by atoms with E-state index in [1.54, 1.807) is 42.7 Å². The Labute approximate surface area is 193 Å². The van der Waals surface area contributed by atoms with E-state index in [0.717, 1.165) is 16.7 Å². The van der Waals surface area contributed by atoms with E-state index in [4.69, 9.17) is 27.9 Å². The number of anilines is 1. The van der Waals surface area contributed by atoms with Crippen LogP contribution in [0.3, 0.4) is 0 Å². The highest BCUT2D eigenvalue weighted by atomic mass is 35.5. The smallest absolute Gasteiger partial charge is 0.211 e. The van der Waals surface area contributed by atoms with Gasteiger partial charge in [0.1, 0.15) is 11.5 Å². The molecule has 0 saturated carbocycles. The van der Waals surface area contributed by atoms with Crippen LogP contribution in [0.2, 0.25) is 10.0 Å². The molecule has 0 radical (unpaired) electrons. The molecule has 7 heteroatoms. The number of carbonyl (C=O) groups is 1. The molecule has 164 valence electrons. The number of phenolic OH excluding ortho intramolecular Hbond substituents is 1. The lowest BCUT2D eigenvalue weighted by atomic mass is 9.96. The summed E-state index contributed by atoms with van der Waals surface area (Å²) in [5.41, 5.74) is 3.57. The van der Waals surface area contributed by atoms with Crippen molar-refractivity contribution in [3.63, 3.8) is 0 Å². The Morgan fingerprint density at radius 2 is 1.87 bits per heavy atom. The van der Waals surface area contributed by atoms with Crippen LogP contribution in [0.1, 0.15) is 43.4 Å². The summed E-state index contributed by atoms with van der Waals surface area (Å²) in [7, 11) is 0. The summed E-state index contributed by atoms with van der Waals surface area (Å²) in [5.74, 6) is 1.25. The van der Waals surface area contributed by atoms with Crippen LogP contribution in [0.4, 0.5) is 5.69 Å². The molecule has 2 aromatic carbocycles. The summed E-state index contributed by atoms with van der Waals surface area (Å²) in [5, 5.41) is 13.6. The number of aromatic hydroxyl groups is 1. The number of hydrogen-bond donors (Lipinski definition) is 2. The summed E-state index contributed by atoms with van der Waals surface area (Å²) in [4.78, 5) is 13.6. The third-order valence-corrected chi connectivity index (χ3v) is 5.08.